The molecule has 74 heavy (non-hydrogen) atoms. The van der Waals surface area contributed by atoms with Gasteiger partial charge in [0.15, 0.2) is 0 Å². The van der Waals surface area contributed by atoms with E-state index >= 15 is 0 Å². The average Bonchev–Trinajstić information content (AvgIpc) is 4.19. The number of aromatic nitrogens is 2. The number of carboxylic acids is 1. The van der Waals surface area contributed by atoms with E-state index in [4.69, 9.17) is 42.4 Å². The fourth-order valence-electron chi connectivity index (χ4n) is 7.41. The highest BCUT2D eigenvalue weighted by Crippen LogP contribution is 2.31. The largest absolute Gasteiger partial charge is 0.489 e. The van der Waals surface area contributed by atoms with Crippen LogP contribution in [0.1, 0.15) is 76.9 Å². The summed E-state index contributed by atoms with van der Waals surface area (Å²) in [5.74, 6) is 0.947. The number of carbonyl (C=O) groups is 2. The van der Waals surface area contributed by atoms with Crippen molar-refractivity contribution in [2.24, 2.45) is 10.3 Å². The van der Waals surface area contributed by atoms with Crippen LogP contribution in [-0.4, -0.2) is 73.3 Å². The maximum atomic E-state index is 11.9. The molecule has 8 aromatic rings. The number of hydrogen-bond donors (Lipinski definition) is 1. The molecule has 2 heterocycles. The van der Waals surface area contributed by atoms with Gasteiger partial charge in [-0.15, -0.1) is 0 Å². The molecule has 0 aliphatic heterocycles. The van der Waals surface area contributed by atoms with Gasteiger partial charge in [-0.1, -0.05) is 137 Å². The molecule has 0 bridgehead atoms. The van der Waals surface area contributed by atoms with Crippen molar-refractivity contribution < 1.29 is 57.1 Å². The van der Waals surface area contributed by atoms with Crippen molar-refractivity contribution in [1.82, 2.24) is 10.3 Å². The molecule has 2 unspecified atom stereocenters. The molecule has 0 aliphatic carbocycles. The number of esters is 1. The molecule has 6 aromatic carbocycles. The van der Waals surface area contributed by atoms with Gasteiger partial charge in [0, 0.05) is 35.1 Å². The summed E-state index contributed by atoms with van der Waals surface area (Å²) >= 11 is 0. The second-order valence-corrected chi connectivity index (χ2v) is 16.1. The van der Waals surface area contributed by atoms with Crippen molar-refractivity contribution in [3.8, 4) is 23.0 Å². The van der Waals surface area contributed by atoms with Crippen LogP contribution in [0.3, 0.4) is 0 Å². The first-order chi connectivity index (χ1) is 35.8. The summed E-state index contributed by atoms with van der Waals surface area (Å²) in [4.78, 5) is 33.1. The number of nitrogens with zero attached hydrogens (tertiary/aromatic N) is 4. The van der Waals surface area contributed by atoms with Crippen LogP contribution in [0, 0.1) is 0 Å². The summed E-state index contributed by atoms with van der Waals surface area (Å²) in [6.07, 6.45) is 3.02. The maximum Gasteiger partial charge on any atom is 0.306 e. The van der Waals surface area contributed by atoms with E-state index in [1.807, 2.05) is 158 Å². The Morgan fingerprint density at radius 1 is 0.500 bits per heavy atom. The summed E-state index contributed by atoms with van der Waals surface area (Å²) in [6, 6.07) is 53.2. The number of aliphatic carboxylic acids is 1. The summed E-state index contributed by atoms with van der Waals surface area (Å²) in [5.41, 5.74) is 8.25. The second kappa shape index (κ2) is 28.6. The Morgan fingerprint density at radius 3 is 1.23 bits per heavy atom. The van der Waals surface area contributed by atoms with Crippen LogP contribution in [-0.2, 0) is 37.2 Å². The highest BCUT2D eigenvalue weighted by atomic mass is 16.6. The predicted octanol–water partition coefficient (Wildman–Crippen LogP) is 11.3. The van der Waals surface area contributed by atoms with Crippen molar-refractivity contribution in [3.05, 3.63) is 227 Å². The predicted molar refractivity (Wildman–Crippen MR) is 278 cm³/mol. The zero-order chi connectivity index (χ0) is 51.0. The molecule has 0 saturated heterocycles. The lowest BCUT2D eigenvalue weighted by molar-refractivity contribution is -0.141. The Morgan fingerprint density at radius 2 is 0.878 bits per heavy atom. The number of ether oxygens (including phenoxy) is 5. The van der Waals surface area contributed by atoms with Gasteiger partial charge in [-0.25, -0.2) is 0 Å². The van der Waals surface area contributed by atoms with E-state index in [0.29, 0.717) is 53.3 Å². The van der Waals surface area contributed by atoms with E-state index in [-0.39, 0.29) is 51.3 Å². The van der Waals surface area contributed by atoms with Crippen LogP contribution < -0.4 is 18.9 Å². The van der Waals surface area contributed by atoms with Crippen molar-refractivity contribution >= 4 is 23.4 Å². The minimum absolute atomic E-state index is 0. The van der Waals surface area contributed by atoms with Gasteiger partial charge in [-0.3, -0.25) is 9.59 Å². The SMILES string of the molecule is C.CO/N=C(\COc1ccc(COc2ccc(C(CC(=O)O)c3ccon3)cc2)cc1)c1ccccc1.CO/N=C(\COc1ccc(COc2ccc(C(CC(=O)OC)c3ccon3)cc2)cc1)c1ccccc1. The third kappa shape index (κ3) is 16.4. The first-order valence-electron chi connectivity index (χ1n) is 23.1. The zero-order valence-corrected chi connectivity index (χ0v) is 40.4. The summed E-state index contributed by atoms with van der Waals surface area (Å²) in [5, 5.41) is 25.3. The molecule has 2 aromatic heterocycles. The molecule has 0 amide bonds. The summed E-state index contributed by atoms with van der Waals surface area (Å²) in [7, 11) is 4.40. The van der Waals surface area contributed by atoms with Gasteiger partial charge in [0.05, 0.1) is 31.3 Å². The molecule has 0 aliphatic rings. The minimum atomic E-state index is -0.905. The molecular formula is C58H58N4O12. The van der Waals surface area contributed by atoms with Crippen molar-refractivity contribution in [2.45, 2.75) is 45.3 Å². The van der Waals surface area contributed by atoms with Crippen LogP contribution in [0.15, 0.2) is 202 Å². The lowest BCUT2D eigenvalue weighted by Crippen LogP contribution is -2.13. The Kier molecular flexibility index (Phi) is 20.9. The first-order valence-corrected chi connectivity index (χ1v) is 23.1. The van der Waals surface area contributed by atoms with Gasteiger partial charge < -0.3 is 47.5 Å². The van der Waals surface area contributed by atoms with Gasteiger partial charge in [0.25, 0.3) is 0 Å². The summed E-state index contributed by atoms with van der Waals surface area (Å²) < 4.78 is 38.3. The van der Waals surface area contributed by atoms with Crippen LogP contribution >= 0.6 is 0 Å². The number of rotatable bonds is 24. The van der Waals surface area contributed by atoms with Gasteiger partial charge in [-0.05, 0) is 70.8 Å². The van der Waals surface area contributed by atoms with E-state index < -0.39 is 5.97 Å². The molecule has 0 fully saturated rings. The third-order valence-electron chi connectivity index (χ3n) is 11.2. The Hall–Kier alpha value is -9.18. The third-order valence-corrected chi connectivity index (χ3v) is 11.2. The van der Waals surface area contributed by atoms with Crippen LogP contribution in [0.2, 0.25) is 0 Å². The van der Waals surface area contributed by atoms with Crippen LogP contribution in [0.4, 0.5) is 0 Å². The van der Waals surface area contributed by atoms with E-state index in [0.717, 1.165) is 39.1 Å². The molecule has 2 atom stereocenters. The zero-order valence-electron chi connectivity index (χ0n) is 40.4. The number of oxime groups is 2. The van der Waals surface area contributed by atoms with Gasteiger partial charge in [0.1, 0.15) is 87.6 Å². The molecule has 16 nitrogen and oxygen atoms in total. The highest BCUT2D eigenvalue weighted by molar-refractivity contribution is 6.01. The Bertz CT molecular complexity index is 2930. The monoisotopic (exact) mass is 1000 g/mol. The lowest BCUT2D eigenvalue weighted by atomic mass is 9.92. The molecule has 8 rings (SSSR count). The number of methoxy groups -OCH3 is 1. The van der Waals surface area contributed by atoms with E-state index in [9.17, 15) is 14.7 Å². The van der Waals surface area contributed by atoms with Crippen LogP contribution in [0.5, 0.6) is 23.0 Å². The fourth-order valence-corrected chi connectivity index (χ4v) is 7.41. The normalized spacial score (nSPS) is 11.9. The second-order valence-electron chi connectivity index (χ2n) is 16.1. The summed E-state index contributed by atoms with van der Waals surface area (Å²) in [6.45, 7) is 1.33. The highest BCUT2D eigenvalue weighted by Gasteiger charge is 2.22. The molecule has 382 valence electrons. The van der Waals surface area contributed by atoms with Gasteiger partial charge in [0.2, 0.25) is 0 Å². The Labute approximate surface area is 429 Å². The standard InChI is InChI=1S/C29H28N2O6.C28H26N2O6.CH4/c1-33-29(32)18-26(27-16-17-37-31-27)22-10-14-25(15-11-22)35-19-21-8-12-24(13-9-21)36-20-28(30-34-2)23-6-4-3-5-7-23;1-33-29-27(22-5-3-2-4-6-22)19-35-23-11-7-20(8-12-23)18-34-24-13-9-21(10-14-24)25(17-28(31)32)26-15-16-36-30-26;/h3-17,26H,18-20H2,1-2H3;2-16,25H,17-19H2,1H3,(H,31,32);1H4/b30-28+;29-27+;. The number of hydrogen-bond acceptors (Lipinski definition) is 15. The maximum absolute atomic E-state index is 11.9. The fraction of sp³-hybridized carbons (Fsp3) is 0.207. The first kappa shape index (κ1) is 54.2. The topological polar surface area (TPSA) is 196 Å². The van der Waals surface area contributed by atoms with Gasteiger partial charge >= 0.3 is 11.9 Å². The lowest BCUT2D eigenvalue weighted by Gasteiger charge is -2.14. The number of carbonyl (C=O) groups excluding carboxylic acids is 1. The van der Waals surface area contributed by atoms with E-state index in [1.54, 1.807) is 12.1 Å². The van der Waals surface area contributed by atoms with Crippen molar-refractivity contribution in [1.29, 1.82) is 0 Å². The number of carboxylic acid groups (broad SMARTS) is 1. The quantitative estimate of drug-likeness (QED) is 0.0341. The number of benzene rings is 6. The smallest absolute Gasteiger partial charge is 0.306 e. The molecule has 16 heteroatoms. The molecule has 0 spiro atoms. The van der Waals surface area contributed by atoms with Crippen molar-refractivity contribution in [3.63, 3.8) is 0 Å². The molecule has 0 saturated carbocycles. The average molecular weight is 1000 g/mol. The molecule has 0 radical (unpaired) electrons. The van der Waals surface area contributed by atoms with Crippen LogP contribution in [0.25, 0.3) is 0 Å². The van der Waals surface area contributed by atoms with Crippen molar-refractivity contribution in [2.75, 3.05) is 34.5 Å². The van der Waals surface area contributed by atoms with Gasteiger partial charge in [-0.2, -0.15) is 0 Å². The minimum Gasteiger partial charge on any atom is -0.489 e. The van der Waals surface area contributed by atoms with E-state index in [1.165, 1.54) is 33.9 Å². The van der Waals surface area contributed by atoms with E-state index in [2.05, 4.69) is 20.6 Å². The Balaban J connectivity index is 0.000000238. The molecule has 1 N–H and O–H groups in total. The molecular weight excluding hydrogens is 945 g/mol.